The van der Waals surface area contributed by atoms with Crippen molar-refractivity contribution >= 4 is 0 Å². The molecule has 0 aliphatic heterocycles. The fourth-order valence-electron chi connectivity index (χ4n) is 0.990. The van der Waals surface area contributed by atoms with Crippen LogP contribution in [0.1, 0.15) is 12.8 Å². The van der Waals surface area contributed by atoms with E-state index in [9.17, 15) is 13.9 Å². The summed E-state index contributed by atoms with van der Waals surface area (Å²) in [5, 5.41) is 9.42. The van der Waals surface area contributed by atoms with Crippen LogP contribution in [0.4, 0.5) is 8.78 Å². The quantitative estimate of drug-likeness (QED) is 0.280. The third kappa shape index (κ3) is 7.84. The molecule has 0 amide bonds. The van der Waals surface area contributed by atoms with Crippen molar-refractivity contribution in [3.63, 3.8) is 0 Å². The molecule has 0 radical (unpaired) electrons. The average Bonchev–Trinajstić information content (AvgIpc) is 2.30. The van der Waals surface area contributed by atoms with Crippen molar-refractivity contribution in [2.24, 2.45) is 0 Å². The molecule has 0 saturated heterocycles. The van der Waals surface area contributed by atoms with Gasteiger partial charge in [-0.3, -0.25) is 0 Å². The number of hydrogen-bond acceptors (Lipinski definition) is 4. The Labute approximate surface area is 99.5 Å². The molecular formula is C11H18F2O4. The fraction of sp³-hybridized carbons (Fsp3) is 0.636. The monoisotopic (exact) mass is 252 g/mol. The molecule has 0 aliphatic rings. The second kappa shape index (κ2) is 10.2. The first-order valence-corrected chi connectivity index (χ1v) is 5.17. The largest absolute Gasteiger partial charge is 0.463 e. The van der Waals surface area contributed by atoms with Gasteiger partial charge in [-0.25, -0.2) is 0 Å². The number of hydrogen-bond donors (Lipinski definition) is 1. The zero-order chi connectivity index (χ0) is 13.1. The molecule has 1 N–H and O–H groups in total. The molecular weight excluding hydrogens is 234 g/mol. The Bertz CT molecular complexity index is 240. The lowest BCUT2D eigenvalue weighted by atomic mass is 10.2. The van der Waals surface area contributed by atoms with Gasteiger partial charge in [0, 0.05) is 7.11 Å². The summed E-state index contributed by atoms with van der Waals surface area (Å²) in [7, 11) is 1.50. The predicted octanol–water partition coefficient (Wildman–Crippen LogP) is 2.06. The lowest BCUT2D eigenvalue weighted by Crippen LogP contribution is -2.16. The third-order valence-corrected chi connectivity index (χ3v) is 1.86. The first kappa shape index (κ1) is 16.0. The molecule has 0 aliphatic carbocycles. The van der Waals surface area contributed by atoms with Crippen LogP contribution in [-0.4, -0.2) is 38.3 Å². The van der Waals surface area contributed by atoms with E-state index in [0.717, 1.165) is 0 Å². The molecule has 0 rings (SSSR count). The first-order chi connectivity index (χ1) is 8.13. The minimum Gasteiger partial charge on any atom is -0.463 e. The average molecular weight is 252 g/mol. The minimum atomic E-state index is -2.04. The van der Waals surface area contributed by atoms with Crippen LogP contribution in [0.2, 0.25) is 0 Å². The first-order valence-electron chi connectivity index (χ1n) is 5.17. The summed E-state index contributed by atoms with van der Waals surface area (Å²) in [6.07, 6.45) is -1.30. The summed E-state index contributed by atoms with van der Waals surface area (Å²) in [5.41, 5.74) is 0. The highest BCUT2D eigenvalue weighted by Crippen LogP contribution is 2.17. The fourth-order valence-corrected chi connectivity index (χ4v) is 0.990. The van der Waals surface area contributed by atoms with Crippen LogP contribution in [0.25, 0.3) is 0 Å². The Morgan fingerprint density at radius 1 is 1.41 bits per heavy atom. The topological polar surface area (TPSA) is 47.9 Å². The maximum Gasteiger partial charge on any atom is 0.310 e. The SMILES string of the molecule is C=CCCC(O)C(OCOCCOC)=C(F)F. The molecule has 1 atom stereocenters. The second-order valence-electron chi connectivity index (χ2n) is 3.17. The van der Waals surface area contributed by atoms with Gasteiger partial charge in [-0.05, 0) is 12.8 Å². The van der Waals surface area contributed by atoms with E-state index in [1.807, 2.05) is 0 Å². The summed E-state index contributed by atoms with van der Waals surface area (Å²) in [6.45, 7) is 3.68. The molecule has 0 fully saturated rings. The number of rotatable bonds is 10. The number of aliphatic hydroxyl groups is 1. The molecule has 17 heavy (non-hydrogen) atoms. The van der Waals surface area contributed by atoms with Gasteiger partial charge in [0.05, 0.1) is 13.2 Å². The standard InChI is InChI=1S/C11H18F2O4/c1-3-4-5-9(14)10(11(12)13)17-8-16-7-6-15-2/h3,9,14H,1,4-8H2,2H3. The Morgan fingerprint density at radius 2 is 2.12 bits per heavy atom. The Hall–Kier alpha value is -0.980. The molecule has 6 heteroatoms. The molecule has 0 spiro atoms. The van der Waals surface area contributed by atoms with Crippen molar-refractivity contribution in [1.29, 1.82) is 0 Å². The van der Waals surface area contributed by atoms with Crippen molar-refractivity contribution < 1.29 is 28.1 Å². The van der Waals surface area contributed by atoms with E-state index in [1.54, 1.807) is 0 Å². The Kier molecular flexibility index (Phi) is 9.60. The van der Waals surface area contributed by atoms with Gasteiger partial charge in [-0.1, -0.05) is 6.08 Å². The highest BCUT2D eigenvalue weighted by Gasteiger charge is 2.18. The van der Waals surface area contributed by atoms with Gasteiger partial charge in [0.25, 0.3) is 0 Å². The smallest absolute Gasteiger partial charge is 0.310 e. The molecule has 1 unspecified atom stereocenters. The Balaban J connectivity index is 4.00. The molecule has 0 aromatic carbocycles. The van der Waals surface area contributed by atoms with Gasteiger partial charge in [0.1, 0.15) is 6.10 Å². The van der Waals surface area contributed by atoms with Crippen LogP contribution < -0.4 is 0 Å². The number of methoxy groups -OCH3 is 1. The molecule has 100 valence electrons. The van der Waals surface area contributed by atoms with Crippen LogP contribution in [0, 0.1) is 0 Å². The predicted molar refractivity (Wildman–Crippen MR) is 58.5 cm³/mol. The number of allylic oxidation sites excluding steroid dienone is 1. The highest BCUT2D eigenvalue weighted by molar-refractivity contribution is 5.00. The summed E-state index contributed by atoms with van der Waals surface area (Å²) in [4.78, 5) is 0. The molecule has 0 saturated carbocycles. The van der Waals surface area contributed by atoms with Crippen molar-refractivity contribution in [1.82, 2.24) is 0 Å². The van der Waals surface area contributed by atoms with Gasteiger partial charge >= 0.3 is 6.08 Å². The summed E-state index contributed by atoms with van der Waals surface area (Å²) in [6, 6.07) is 0. The molecule has 0 aromatic heterocycles. The van der Waals surface area contributed by atoms with Gasteiger partial charge in [-0.2, -0.15) is 8.78 Å². The lowest BCUT2D eigenvalue weighted by Gasteiger charge is -2.14. The van der Waals surface area contributed by atoms with Crippen molar-refractivity contribution in [3.8, 4) is 0 Å². The molecule has 0 aromatic rings. The molecule has 4 nitrogen and oxygen atoms in total. The van der Waals surface area contributed by atoms with E-state index in [4.69, 9.17) is 9.47 Å². The zero-order valence-electron chi connectivity index (χ0n) is 9.83. The number of halogens is 2. The maximum absolute atomic E-state index is 12.4. The number of aliphatic hydroxyl groups excluding tert-OH is 1. The van der Waals surface area contributed by atoms with E-state index in [2.05, 4.69) is 11.3 Å². The van der Waals surface area contributed by atoms with Crippen LogP contribution in [0.15, 0.2) is 24.5 Å². The van der Waals surface area contributed by atoms with E-state index in [-0.39, 0.29) is 19.8 Å². The van der Waals surface area contributed by atoms with Crippen LogP contribution in [-0.2, 0) is 14.2 Å². The van der Waals surface area contributed by atoms with E-state index >= 15 is 0 Å². The normalized spacial score (nSPS) is 12.0. The van der Waals surface area contributed by atoms with Crippen LogP contribution >= 0.6 is 0 Å². The molecule has 0 heterocycles. The van der Waals surface area contributed by atoms with Gasteiger partial charge < -0.3 is 19.3 Å². The Morgan fingerprint density at radius 3 is 2.65 bits per heavy atom. The summed E-state index contributed by atoms with van der Waals surface area (Å²) >= 11 is 0. The van der Waals surface area contributed by atoms with Crippen molar-refractivity contribution in [2.75, 3.05) is 27.1 Å². The van der Waals surface area contributed by atoms with E-state index in [1.165, 1.54) is 13.2 Å². The molecule has 0 bridgehead atoms. The number of ether oxygens (including phenoxy) is 3. The van der Waals surface area contributed by atoms with Gasteiger partial charge in [0.15, 0.2) is 12.6 Å². The lowest BCUT2D eigenvalue weighted by molar-refractivity contribution is -0.0598. The minimum absolute atomic E-state index is 0.133. The van der Waals surface area contributed by atoms with Gasteiger partial charge in [-0.15, -0.1) is 6.58 Å². The van der Waals surface area contributed by atoms with Crippen LogP contribution in [0.3, 0.4) is 0 Å². The highest BCUT2D eigenvalue weighted by atomic mass is 19.3. The van der Waals surface area contributed by atoms with Crippen molar-refractivity contribution in [3.05, 3.63) is 24.5 Å². The summed E-state index contributed by atoms with van der Waals surface area (Å²) in [5.74, 6) is -0.746. The third-order valence-electron chi connectivity index (χ3n) is 1.86. The van der Waals surface area contributed by atoms with Gasteiger partial charge in [0.2, 0.25) is 0 Å². The van der Waals surface area contributed by atoms with Crippen LogP contribution in [0.5, 0.6) is 0 Å². The summed E-state index contributed by atoms with van der Waals surface area (Å²) < 4.78 is 39.1. The second-order valence-corrected chi connectivity index (χ2v) is 3.17. The zero-order valence-corrected chi connectivity index (χ0v) is 9.83. The van der Waals surface area contributed by atoms with E-state index in [0.29, 0.717) is 13.0 Å². The maximum atomic E-state index is 12.4. The van der Waals surface area contributed by atoms with Crippen molar-refractivity contribution in [2.45, 2.75) is 18.9 Å². The van der Waals surface area contributed by atoms with E-state index < -0.39 is 17.9 Å².